The highest BCUT2D eigenvalue weighted by atomic mass is 19.4. The summed E-state index contributed by atoms with van der Waals surface area (Å²) < 4.78 is 38.5. The maximum Gasteiger partial charge on any atom is 0.401 e. The van der Waals surface area contributed by atoms with Crippen LogP contribution in [0.3, 0.4) is 0 Å². The predicted octanol–water partition coefficient (Wildman–Crippen LogP) is 4.62. The molecule has 5 heteroatoms. The van der Waals surface area contributed by atoms with Gasteiger partial charge in [-0.2, -0.15) is 18.4 Å². The van der Waals surface area contributed by atoms with Gasteiger partial charge in [-0.25, -0.2) is 0 Å². The fourth-order valence-corrected chi connectivity index (χ4v) is 3.37. The Morgan fingerprint density at radius 2 is 1.81 bits per heavy atom. The number of nitriles is 1. The van der Waals surface area contributed by atoms with E-state index >= 15 is 0 Å². The molecular weight excluding hydrogens is 277 g/mol. The molecule has 1 saturated carbocycles. The fraction of sp³-hybridized carbons (Fsp3) is 0.938. The highest BCUT2D eigenvalue weighted by Gasteiger charge is 2.41. The van der Waals surface area contributed by atoms with Crippen molar-refractivity contribution in [1.29, 1.82) is 5.26 Å². The molecule has 0 aromatic heterocycles. The largest absolute Gasteiger partial charge is 0.401 e. The zero-order valence-electron chi connectivity index (χ0n) is 13.5. The van der Waals surface area contributed by atoms with Crippen molar-refractivity contribution in [3.05, 3.63) is 0 Å². The maximum atomic E-state index is 12.8. The third kappa shape index (κ3) is 5.50. The highest BCUT2D eigenvalue weighted by Crippen LogP contribution is 2.42. The summed E-state index contributed by atoms with van der Waals surface area (Å²) in [6.45, 7) is 7.79. The van der Waals surface area contributed by atoms with E-state index in [0.717, 1.165) is 6.42 Å². The Kier molecular flexibility index (Phi) is 6.10. The van der Waals surface area contributed by atoms with Crippen LogP contribution in [0.4, 0.5) is 13.2 Å². The van der Waals surface area contributed by atoms with Crippen LogP contribution in [0, 0.1) is 28.6 Å². The molecular formula is C16H27F3N2. The summed E-state index contributed by atoms with van der Waals surface area (Å²) in [5, 5.41) is 9.31. The van der Waals surface area contributed by atoms with E-state index in [9.17, 15) is 18.4 Å². The Hall–Kier alpha value is -0.760. The zero-order valence-corrected chi connectivity index (χ0v) is 13.5. The number of alkyl halides is 3. The first-order chi connectivity index (χ1) is 9.58. The van der Waals surface area contributed by atoms with Crippen molar-refractivity contribution in [3.63, 3.8) is 0 Å². The van der Waals surface area contributed by atoms with Crippen LogP contribution >= 0.6 is 0 Å². The molecule has 3 atom stereocenters. The first kappa shape index (κ1) is 18.3. The Bertz CT molecular complexity index is 365. The molecule has 2 nitrogen and oxygen atoms in total. The van der Waals surface area contributed by atoms with E-state index in [1.165, 1.54) is 4.90 Å². The van der Waals surface area contributed by atoms with Crippen molar-refractivity contribution < 1.29 is 13.2 Å². The van der Waals surface area contributed by atoms with Crippen molar-refractivity contribution in [2.45, 2.75) is 65.6 Å². The van der Waals surface area contributed by atoms with Gasteiger partial charge in [0.1, 0.15) is 0 Å². The van der Waals surface area contributed by atoms with Crippen LogP contribution in [-0.2, 0) is 0 Å². The molecule has 0 aliphatic heterocycles. The molecule has 0 aromatic rings. The summed E-state index contributed by atoms with van der Waals surface area (Å²) in [6.07, 6.45) is -1.20. The van der Waals surface area contributed by atoms with Gasteiger partial charge in [0, 0.05) is 6.04 Å². The van der Waals surface area contributed by atoms with Gasteiger partial charge in [-0.1, -0.05) is 27.7 Å². The minimum absolute atomic E-state index is 0.0782. The fourth-order valence-electron chi connectivity index (χ4n) is 3.37. The normalized spacial score (nSPS) is 27.7. The monoisotopic (exact) mass is 304 g/mol. The quantitative estimate of drug-likeness (QED) is 0.758. The van der Waals surface area contributed by atoms with Gasteiger partial charge in [0.25, 0.3) is 0 Å². The molecule has 1 rings (SSSR count). The van der Waals surface area contributed by atoms with E-state index in [1.807, 2.05) is 6.92 Å². The minimum atomic E-state index is -4.20. The molecule has 0 spiro atoms. The topological polar surface area (TPSA) is 27.0 Å². The average molecular weight is 304 g/mol. The SMILES string of the molecule is CCCN(CC(F)(F)F)C1CC(C(C)(C)C)CCC1C#N. The van der Waals surface area contributed by atoms with Crippen molar-refractivity contribution in [3.8, 4) is 6.07 Å². The lowest BCUT2D eigenvalue weighted by Gasteiger charge is -2.44. The Morgan fingerprint density at radius 3 is 2.24 bits per heavy atom. The molecule has 0 bridgehead atoms. The molecule has 0 saturated heterocycles. The number of hydrogen-bond acceptors (Lipinski definition) is 2. The molecule has 0 aromatic carbocycles. The van der Waals surface area contributed by atoms with Crippen LogP contribution in [0.5, 0.6) is 0 Å². The van der Waals surface area contributed by atoms with Crippen LogP contribution in [0.2, 0.25) is 0 Å². The summed E-state index contributed by atoms with van der Waals surface area (Å²) in [6, 6.07) is 1.97. The number of rotatable bonds is 4. The first-order valence-corrected chi connectivity index (χ1v) is 7.79. The predicted molar refractivity (Wildman–Crippen MR) is 77.6 cm³/mol. The second-order valence-electron chi connectivity index (χ2n) is 7.26. The van der Waals surface area contributed by atoms with E-state index in [-0.39, 0.29) is 17.4 Å². The van der Waals surface area contributed by atoms with Crippen LogP contribution in [0.15, 0.2) is 0 Å². The molecule has 3 unspecified atom stereocenters. The first-order valence-electron chi connectivity index (χ1n) is 7.79. The Labute approximate surface area is 126 Å². The summed E-state index contributed by atoms with van der Waals surface area (Å²) in [7, 11) is 0. The Balaban J connectivity index is 2.92. The molecule has 0 heterocycles. The van der Waals surface area contributed by atoms with E-state index in [4.69, 9.17) is 0 Å². The maximum absolute atomic E-state index is 12.8. The van der Waals surface area contributed by atoms with Gasteiger partial charge in [0.05, 0.1) is 18.5 Å². The molecule has 0 N–H and O–H groups in total. The molecule has 0 radical (unpaired) electrons. The molecule has 1 aliphatic carbocycles. The second kappa shape index (κ2) is 7.00. The van der Waals surface area contributed by atoms with E-state index in [0.29, 0.717) is 31.7 Å². The average Bonchev–Trinajstić information content (AvgIpc) is 2.35. The van der Waals surface area contributed by atoms with Gasteiger partial charge in [-0.15, -0.1) is 0 Å². The summed E-state index contributed by atoms with van der Waals surface area (Å²) >= 11 is 0. The number of halogens is 3. The number of hydrogen-bond donors (Lipinski definition) is 0. The van der Waals surface area contributed by atoms with Gasteiger partial charge in [-0.05, 0) is 43.6 Å². The van der Waals surface area contributed by atoms with Gasteiger partial charge in [-0.3, -0.25) is 4.90 Å². The number of nitrogens with zero attached hydrogens (tertiary/aromatic N) is 2. The van der Waals surface area contributed by atoms with Gasteiger partial charge < -0.3 is 0 Å². The van der Waals surface area contributed by atoms with E-state index in [2.05, 4.69) is 26.8 Å². The van der Waals surface area contributed by atoms with Gasteiger partial charge in [0.2, 0.25) is 0 Å². The van der Waals surface area contributed by atoms with Crippen molar-refractivity contribution in [2.24, 2.45) is 17.3 Å². The lowest BCUT2D eigenvalue weighted by atomic mass is 9.67. The standard InChI is InChI=1S/C16H27F3N2/c1-5-8-21(11-16(17,18)19)14-9-13(15(2,3)4)7-6-12(14)10-20/h12-14H,5-9,11H2,1-4H3. The molecule has 1 fully saturated rings. The van der Waals surface area contributed by atoms with Gasteiger partial charge >= 0.3 is 6.18 Å². The van der Waals surface area contributed by atoms with Crippen molar-refractivity contribution in [2.75, 3.05) is 13.1 Å². The molecule has 1 aliphatic rings. The molecule has 122 valence electrons. The van der Waals surface area contributed by atoms with Crippen LogP contribution < -0.4 is 0 Å². The molecule has 21 heavy (non-hydrogen) atoms. The minimum Gasteiger partial charge on any atom is -0.291 e. The highest BCUT2D eigenvalue weighted by molar-refractivity contribution is 4.99. The van der Waals surface area contributed by atoms with Crippen LogP contribution in [-0.4, -0.2) is 30.2 Å². The summed E-state index contributed by atoms with van der Waals surface area (Å²) in [5.41, 5.74) is 0.0782. The Morgan fingerprint density at radius 1 is 1.19 bits per heavy atom. The second-order valence-corrected chi connectivity index (χ2v) is 7.26. The van der Waals surface area contributed by atoms with Gasteiger partial charge in [0.15, 0.2) is 0 Å². The third-order valence-electron chi connectivity index (χ3n) is 4.57. The van der Waals surface area contributed by atoms with Crippen LogP contribution in [0.25, 0.3) is 0 Å². The summed E-state index contributed by atoms with van der Waals surface area (Å²) in [4.78, 5) is 1.49. The lowest BCUT2D eigenvalue weighted by Crippen LogP contribution is -2.49. The zero-order chi connectivity index (χ0) is 16.3. The summed E-state index contributed by atoms with van der Waals surface area (Å²) in [5.74, 6) is 0.0946. The van der Waals surface area contributed by atoms with Crippen molar-refractivity contribution in [1.82, 2.24) is 4.90 Å². The van der Waals surface area contributed by atoms with E-state index in [1.54, 1.807) is 0 Å². The van der Waals surface area contributed by atoms with Crippen molar-refractivity contribution >= 4 is 0 Å². The van der Waals surface area contributed by atoms with E-state index < -0.39 is 12.7 Å². The third-order valence-corrected chi connectivity index (χ3v) is 4.57. The smallest absolute Gasteiger partial charge is 0.291 e. The van der Waals surface area contributed by atoms with Crippen LogP contribution in [0.1, 0.15) is 53.4 Å². The molecule has 0 amide bonds. The lowest BCUT2D eigenvalue weighted by molar-refractivity contribution is -0.155.